The van der Waals surface area contributed by atoms with Crippen LogP contribution in [0.25, 0.3) is 0 Å². The predicted octanol–water partition coefficient (Wildman–Crippen LogP) is 8.13. The van der Waals surface area contributed by atoms with E-state index < -0.39 is 60.1 Å². The van der Waals surface area contributed by atoms with Gasteiger partial charge >= 0.3 is 47.6 Å². The molecule has 0 heterocycles. The van der Waals surface area contributed by atoms with Crippen LogP contribution < -0.4 is 0 Å². The van der Waals surface area contributed by atoms with Crippen molar-refractivity contribution >= 4 is 0 Å². The van der Waals surface area contributed by atoms with Crippen molar-refractivity contribution < 1.29 is 74.6 Å². The molecule has 0 atom stereocenters. The molecule has 0 unspecified atom stereocenters. The van der Waals surface area contributed by atoms with Crippen LogP contribution in [0.3, 0.4) is 0 Å². The van der Waals surface area contributed by atoms with Crippen LogP contribution in [0.15, 0.2) is 12.2 Å². The normalized spacial score (nSPS) is 16.2. The van der Waals surface area contributed by atoms with E-state index in [1.54, 1.807) is 6.92 Å². The molecule has 0 aromatic carbocycles. The Morgan fingerprint density at radius 1 is 0.469 bits per heavy atom. The van der Waals surface area contributed by atoms with Crippen LogP contribution in [0.5, 0.6) is 0 Å². The highest BCUT2D eigenvalue weighted by Gasteiger charge is 2.95. The van der Waals surface area contributed by atoms with Crippen LogP contribution in [-0.4, -0.2) is 47.6 Å². The molecule has 0 nitrogen and oxygen atoms in total. The van der Waals surface area contributed by atoms with Gasteiger partial charge in [-0.3, -0.25) is 0 Å². The topological polar surface area (TPSA) is 0 Å². The molecule has 0 saturated carbocycles. The van der Waals surface area contributed by atoms with Gasteiger partial charge in [-0.25, -0.2) is 0 Å². The highest BCUT2D eigenvalue weighted by Crippen LogP contribution is 2.64. The standard InChI is InChI=1S/C15H13F17/c1-2-3-4-5-6-7-8(16,17)9(18,19)10(20,21)11(22,23)12(24,25)13(26,27)14(28,29)15(30,31)32/h6-7H,2-5H2,1H3/b7-6+. The number of hydrogen-bond acceptors (Lipinski definition) is 0. The Morgan fingerprint density at radius 2 is 0.812 bits per heavy atom. The van der Waals surface area contributed by atoms with Gasteiger partial charge in [0.1, 0.15) is 0 Å². The predicted molar refractivity (Wildman–Crippen MR) is 74.0 cm³/mol. The Balaban J connectivity index is 6.42. The van der Waals surface area contributed by atoms with Crippen molar-refractivity contribution in [3.05, 3.63) is 12.2 Å². The monoisotopic (exact) mass is 516 g/mol. The van der Waals surface area contributed by atoms with E-state index in [2.05, 4.69) is 0 Å². The third-order valence-corrected chi connectivity index (χ3v) is 4.05. The molecular weight excluding hydrogens is 503 g/mol. The Morgan fingerprint density at radius 3 is 1.16 bits per heavy atom. The van der Waals surface area contributed by atoms with Gasteiger partial charge in [-0.2, -0.15) is 74.6 Å². The minimum Gasteiger partial charge on any atom is -0.195 e. The van der Waals surface area contributed by atoms with E-state index in [-0.39, 0.29) is 18.9 Å². The lowest BCUT2D eigenvalue weighted by Crippen LogP contribution is -2.74. The molecule has 0 saturated heterocycles. The molecule has 0 radical (unpaired) electrons. The van der Waals surface area contributed by atoms with Gasteiger partial charge in [0.2, 0.25) is 0 Å². The van der Waals surface area contributed by atoms with Crippen LogP contribution >= 0.6 is 0 Å². The largest absolute Gasteiger partial charge is 0.460 e. The molecule has 0 aliphatic rings. The summed E-state index contributed by atoms with van der Waals surface area (Å²) in [7, 11) is 0. The first-order valence-electron chi connectivity index (χ1n) is 8.20. The van der Waals surface area contributed by atoms with E-state index in [9.17, 15) is 74.6 Å². The van der Waals surface area contributed by atoms with Crippen molar-refractivity contribution in [1.82, 2.24) is 0 Å². The van der Waals surface area contributed by atoms with Crippen molar-refractivity contribution in [3.63, 3.8) is 0 Å². The zero-order chi connectivity index (χ0) is 26.2. The molecule has 0 bridgehead atoms. The number of allylic oxidation sites excluding steroid dienone is 2. The van der Waals surface area contributed by atoms with Crippen molar-refractivity contribution in [3.8, 4) is 0 Å². The van der Waals surface area contributed by atoms with E-state index in [4.69, 9.17) is 0 Å². The summed E-state index contributed by atoms with van der Waals surface area (Å²) < 4.78 is 221. The molecule has 32 heavy (non-hydrogen) atoms. The average molecular weight is 516 g/mol. The van der Waals surface area contributed by atoms with E-state index in [1.165, 1.54) is 0 Å². The maximum atomic E-state index is 13.5. The summed E-state index contributed by atoms with van der Waals surface area (Å²) in [5, 5.41) is 0. The van der Waals surface area contributed by atoms with E-state index in [0.717, 1.165) is 0 Å². The first kappa shape index (κ1) is 30.6. The number of rotatable bonds is 11. The fourth-order valence-corrected chi connectivity index (χ4v) is 2.02. The van der Waals surface area contributed by atoms with Crippen LogP contribution in [0, 0.1) is 0 Å². The van der Waals surface area contributed by atoms with Crippen molar-refractivity contribution in [2.75, 3.05) is 0 Å². The van der Waals surface area contributed by atoms with Crippen molar-refractivity contribution in [2.24, 2.45) is 0 Å². The van der Waals surface area contributed by atoms with E-state index in [0.29, 0.717) is 6.42 Å². The third kappa shape index (κ3) is 4.48. The first-order chi connectivity index (χ1) is 13.8. The summed E-state index contributed by atoms with van der Waals surface area (Å²) in [6, 6.07) is 0. The number of halogens is 17. The van der Waals surface area contributed by atoms with E-state index >= 15 is 0 Å². The Kier molecular flexibility index (Phi) is 8.33. The average Bonchev–Trinajstić information content (AvgIpc) is 2.59. The van der Waals surface area contributed by atoms with Crippen LogP contribution in [-0.2, 0) is 0 Å². The molecule has 0 aromatic heterocycles. The minimum absolute atomic E-state index is 0.0159. The maximum absolute atomic E-state index is 13.5. The van der Waals surface area contributed by atoms with Crippen molar-refractivity contribution in [1.29, 1.82) is 0 Å². The number of hydrogen-bond donors (Lipinski definition) is 0. The molecule has 0 spiro atoms. The Labute approximate surface area is 168 Å². The van der Waals surface area contributed by atoms with Crippen LogP contribution in [0.2, 0.25) is 0 Å². The summed E-state index contributed by atoms with van der Waals surface area (Å²) in [4.78, 5) is 0. The van der Waals surface area contributed by atoms with Gasteiger partial charge in [-0.1, -0.05) is 25.8 Å². The fourth-order valence-electron chi connectivity index (χ4n) is 2.02. The highest BCUT2D eigenvalue weighted by atomic mass is 19.4. The second-order valence-corrected chi connectivity index (χ2v) is 6.47. The molecule has 0 fully saturated rings. The molecule has 192 valence electrons. The Hall–Kier alpha value is -1.45. The van der Waals surface area contributed by atoms with Crippen LogP contribution in [0.1, 0.15) is 32.6 Å². The van der Waals surface area contributed by atoms with Gasteiger partial charge in [0.05, 0.1) is 0 Å². The van der Waals surface area contributed by atoms with Gasteiger partial charge in [0.15, 0.2) is 0 Å². The quantitative estimate of drug-likeness (QED) is 0.148. The lowest BCUT2D eigenvalue weighted by atomic mass is 9.89. The van der Waals surface area contributed by atoms with Crippen molar-refractivity contribution in [2.45, 2.75) is 80.2 Å². The minimum atomic E-state index is -8.59. The lowest BCUT2D eigenvalue weighted by molar-refractivity contribution is -0.459. The van der Waals surface area contributed by atoms with Gasteiger partial charge in [0, 0.05) is 0 Å². The summed E-state index contributed by atoms with van der Waals surface area (Å²) in [5.74, 6) is -56.1. The molecule has 0 aromatic rings. The summed E-state index contributed by atoms with van der Waals surface area (Å²) in [6.45, 7) is 1.58. The zero-order valence-corrected chi connectivity index (χ0v) is 15.4. The molecule has 0 amide bonds. The lowest BCUT2D eigenvalue weighted by Gasteiger charge is -2.42. The van der Waals surface area contributed by atoms with Gasteiger partial charge in [0.25, 0.3) is 0 Å². The molecule has 0 aliphatic heterocycles. The van der Waals surface area contributed by atoms with E-state index in [1.807, 2.05) is 0 Å². The number of unbranched alkanes of at least 4 members (excludes halogenated alkanes) is 3. The summed E-state index contributed by atoms with van der Waals surface area (Å²) in [5.41, 5.74) is 0. The molecule has 0 aliphatic carbocycles. The van der Waals surface area contributed by atoms with Gasteiger partial charge in [-0.15, -0.1) is 0 Å². The van der Waals surface area contributed by atoms with Crippen LogP contribution in [0.4, 0.5) is 74.6 Å². The molecular formula is C15H13F17. The number of alkyl halides is 17. The SMILES string of the molecule is CCCCC/C=C/C(F)(F)C(F)(F)C(F)(F)C(F)(F)C(F)(F)C(F)(F)C(F)(F)C(F)(F)F. The summed E-state index contributed by atoms with van der Waals surface area (Å²) >= 11 is 0. The third-order valence-electron chi connectivity index (χ3n) is 4.05. The fraction of sp³-hybridized carbons (Fsp3) is 0.867. The van der Waals surface area contributed by atoms with Gasteiger partial charge < -0.3 is 0 Å². The first-order valence-corrected chi connectivity index (χ1v) is 8.20. The second-order valence-electron chi connectivity index (χ2n) is 6.47. The maximum Gasteiger partial charge on any atom is 0.460 e. The molecule has 17 heteroatoms. The molecule has 0 N–H and O–H groups in total. The second kappa shape index (κ2) is 8.72. The zero-order valence-electron chi connectivity index (χ0n) is 15.4. The highest BCUT2D eigenvalue weighted by molar-refractivity contribution is 5.17. The molecule has 0 rings (SSSR count). The Bertz CT molecular complexity index is 655. The summed E-state index contributed by atoms with van der Waals surface area (Å²) in [6.07, 6.45) is -8.66. The smallest absolute Gasteiger partial charge is 0.195 e. The van der Waals surface area contributed by atoms with Gasteiger partial charge in [-0.05, 0) is 18.9 Å².